The molecule has 1 aromatic heterocycles. The highest BCUT2D eigenvalue weighted by molar-refractivity contribution is 5.92. The van der Waals surface area contributed by atoms with Gasteiger partial charge in [-0.15, -0.1) is 4.70 Å². The number of hydrogen-bond donors (Lipinski definition) is 3. The van der Waals surface area contributed by atoms with Gasteiger partial charge in [-0.05, 0) is 17.5 Å². The Labute approximate surface area is 186 Å². The summed E-state index contributed by atoms with van der Waals surface area (Å²) in [5.41, 5.74) is 0.294. The van der Waals surface area contributed by atoms with Gasteiger partial charge in [-0.2, -0.15) is 5.41 Å². The standard InChI is InChI=1S/C21H32N8O3/c1-21(2,3)17(18(22)26(4)25-23)24-19(30)29-16-8-6-5-7-15(16)28(20(29)31)10-9-27-11-13-32-14-12-27/h5-8,17,22-23H,9-14H2,1-4H3,(H,24,30)/p+1/t17-/m1/s1. The third-order valence-corrected chi connectivity index (χ3v) is 5.71. The molecule has 1 aliphatic heterocycles. The van der Waals surface area contributed by atoms with E-state index in [0.29, 0.717) is 37.3 Å². The van der Waals surface area contributed by atoms with Gasteiger partial charge in [0.05, 0.1) is 31.3 Å². The number of amidine groups is 1. The van der Waals surface area contributed by atoms with E-state index in [1.54, 1.807) is 16.7 Å². The fourth-order valence-electron chi connectivity index (χ4n) is 3.82. The van der Waals surface area contributed by atoms with E-state index in [4.69, 9.17) is 16.0 Å². The Morgan fingerprint density at radius 1 is 1.25 bits per heavy atom. The van der Waals surface area contributed by atoms with Crippen LogP contribution in [0.15, 0.2) is 34.3 Å². The second kappa shape index (κ2) is 9.61. The topological polar surface area (TPSA) is 134 Å². The van der Waals surface area contributed by atoms with Gasteiger partial charge in [0.25, 0.3) is 5.84 Å². The van der Waals surface area contributed by atoms with Crippen molar-refractivity contribution in [2.45, 2.75) is 33.4 Å². The van der Waals surface area contributed by atoms with Crippen molar-refractivity contribution in [3.05, 3.63) is 34.7 Å². The Kier molecular flexibility index (Phi) is 7.09. The lowest BCUT2D eigenvalue weighted by atomic mass is 9.86. The number of carbonyl (C=O) groups is 1. The van der Waals surface area contributed by atoms with Crippen LogP contribution < -0.4 is 16.8 Å². The average molecular weight is 446 g/mol. The molecule has 1 atom stereocenters. The Balaban J connectivity index is 1.93. The van der Waals surface area contributed by atoms with Gasteiger partial charge in [-0.3, -0.25) is 9.47 Å². The molecule has 0 spiro atoms. The van der Waals surface area contributed by atoms with E-state index in [2.05, 4.69) is 15.4 Å². The fourth-order valence-corrected chi connectivity index (χ4v) is 3.82. The quantitative estimate of drug-likeness (QED) is 0.158. The lowest BCUT2D eigenvalue weighted by Gasteiger charge is -2.29. The monoisotopic (exact) mass is 445 g/mol. The SMILES string of the molecule is C[N+](=NN)C(=N)[C@@H](NC(=O)n1c(=O)n(CCN2CCOCC2)c2ccccc21)C(C)(C)C. The summed E-state index contributed by atoms with van der Waals surface area (Å²) >= 11 is 0. The van der Waals surface area contributed by atoms with Crippen molar-refractivity contribution >= 4 is 22.9 Å². The highest BCUT2D eigenvalue weighted by Crippen LogP contribution is 2.21. The van der Waals surface area contributed by atoms with E-state index in [9.17, 15) is 9.59 Å². The first-order valence-electron chi connectivity index (χ1n) is 10.7. The largest absolute Gasteiger partial charge is 0.379 e. The summed E-state index contributed by atoms with van der Waals surface area (Å²) in [5, 5.41) is 14.8. The maximum absolute atomic E-state index is 13.3. The van der Waals surface area contributed by atoms with Crippen molar-refractivity contribution in [3.63, 3.8) is 0 Å². The number of imidazole rings is 1. The average Bonchev–Trinajstić information content (AvgIpc) is 3.06. The Morgan fingerprint density at radius 2 is 1.88 bits per heavy atom. The Hall–Kier alpha value is -3.05. The summed E-state index contributed by atoms with van der Waals surface area (Å²) < 4.78 is 9.35. The molecule has 174 valence electrons. The highest BCUT2D eigenvalue weighted by Gasteiger charge is 2.36. The number of nitrogens with zero attached hydrogens (tertiary/aromatic N) is 5. The summed E-state index contributed by atoms with van der Waals surface area (Å²) in [7, 11) is 1.54. The predicted molar refractivity (Wildman–Crippen MR) is 121 cm³/mol. The number of morpholine rings is 1. The van der Waals surface area contributed by atoms with Crippen LogP contribution in [-0.4, -0.2) is 76.5 Å². The molecule has 0 aliphatic carbocycles. The lowest BCUT2D eigenvalue weighted by Crippen LogP contribution is -2.54. The van der Waals surface area contributed by atoms with Crippen molar-refractivity contribution in [2.24, 2.45) is 16.5 Å². The first-order chi connectivity index (χ1) is 15.1. The molecule has 1 amide bonds. The first kappa shape index (κ1) is 23.6. The minimum absolute atomic E-state index is 0.0254. The second-order valence-electron chi connectivity index (χ2n) is 8.99. The summed E-state index contributed by atoms with van der Waals surface area (Å²) in [6.07, 6.45) is 0. The zero-order chi connectivity index (χ0) is 23.5. The predicted octanol–water partition coefficient (Wildman–Crippen LogP) is 1.05. The Bertz CT molecular complexity index is 1070. The van der Waals surface area contributed by atoms with Crippen molar-refractivity contribution < 1.29 is 14.2 Å². The number of likely N-dealkylation sites (N-methyl/N-ethyl adjacent to an activating group) is 1. The maximum atomic E-state index is 13.3. The summed E-state index contributed by atoms with van der Waals surface area (Å²) in [6.45, 7) is 9.85. The summed E-state index contributed by atoms with van der Waals surface area (Å²) in [5.74, 6) is 5.35. The molecule has 3 rings (SSSR count). The van der Waals surface area contributed by atoms with Gasteiger partial charge in [-0.1, -0.05) is 32.9 Å². The van der Waals surface area contributed by atoms with E-state index >= 15 is 0 Å². The summed E-state index contributed by atoms with van der Waals surface area (Å²) in [4.78, 5) is 28.9. The molecule has 2 heterocycles. The van der Waals surface area contributed by atoms with Crippen LogP contribution in [0, 0.1) is 10.8 Å². The number of nitrogens with two attached hydrogens (primary N) is 1. The van der Waals surface area contributed by atoms with Crippen molar-refractivity contribution in [2.75, 3.05) is 39.9 Å². The van der Waals surface area contributed by atoms with Crippen LogP contribution in [0.2, 0.25) is 0 Å². The van der Waals surface area contributed by atoms with Gasteiger partial charge in [0.15, 0.2) is 0 Å². The zero-order valence-electron chi connectivity index (χ0n) is 19.2. The van der Waals surface area contributed by atoms with Gasteiger partial charge in [0.2, 0.25) is 0 Å². The number of rotatable bonds is 5. The van der Waals surface area contributed by atoms with Gasteiger partial charge in [0, 0.05) is 31.4 Å². The molecule has 1 saturated heterocycles. The van der Waals surface area contributed by atoms with Crippen LogP contribution in [0.1, 0.15) is 20.8 Å². The molecule has 1 aromatic carbocycles. The van der Waals surface area contributed by atoms with E-state index in [0.717, 1.165) is 17.7 Å². The fraction of sp³-hybridized carbons (Fsp3) is 0.571. The van der Waals surface area contributed by atoms with E-state index in [1.165, 1.54) is 11.7 Å². The number of carbonyl (C=O) groups excluding carboxylic acids is 1. The molecule has 11 nitrogen and oxygen atoms in total. The third kappa shape index (κ3) is 4.89. The molecule has 0 unspecified atom stereocenters. The highest BCUT2D eigenvalue weighted by atomic mass is 16.5. The molecular weight excluding hydrogens is 412 g/mol. The molecule has 1 aliphatic rings. The lowest BCUT2D eigenvalue weighted by molar-refractivity contribution is -0.458. The van der Waals surface area contributed by atoms with Gasteiger partial charge < -0.3 is 10.1 Å². The molecule has 1 fully saturated rings. The zero-order valence-corrected chi connectivity index (χ0v) is 19.2. The van der Waals surface area contributed by atoms with E-state index in [1.807, 2.05) is 32.9 Å². The van der Waals surface area contributed by atoms with E-state index < -0.39 is 23.2 Å². The van der Waals surface area contributed by atoms with Gasteiger partial charge in [0.1, 0.15) is 6.04 Å². The molecule has 32 heavy (non-hydrogen) atoms. The molecule has 11 heteroatoms. The molecular formula is C21H33N8O3+. The van der Waals surface area contributed by atoms with E-state index in [-0.39, 0.29) is 5.84 Å². The summed E-state index contributed by atoms with van der Waals surface area (Å²) in [6, 6.07) is 5.92. The van der Waals surface area contributed by atoms with Crippen LogP contribution in [0.3, 0.4) is 0 Å². The number of hydrogen-bond acceptors (Lipinski definition) is 6. The van der Waals surface area contributed by atoms with Crippen LogP contribution in [0.5, 0.6) is 0 Å². The van der Waals surface area contributed by atoms with Gasteiger partial charge in [-0.25, -0.2) is 20.0 Å². The number of benzene rings is 1. The second-order valence-corrected chi connectivity index (χ2v) is 8.99. The number of amides is 1. The maximum Gasteiger partial charge on any atom is 0.337 e. The van der Waals surface area contributed by atoms with Crippen molar-refractivity contribution in [1.82, 2.24) is 19.4 Å². The number of aromatic nitrogens is 2. The van der Waals surface area contributed by atoms with Gasteiger partial charge >= 0.3 is 11.7 Å². The number of nitrogens with one attached hydrogen (secondary N) is 2. The number of ether oxygens (including phenoxy) is 1. The molecule has 0 radical (unpaired) electrons. The molecule has 0 bridgehead atoms. The third-order valence-electron chi connectivity index (χ3n) is 5.71. The minimum atomic E-state index is -0.713. The molecule has 4 N–H and O–H groups in total. The molecule has 2 aromatic rings. The number of para-hydroxylation sites is 2. The first-order valence-corrected chi connectivity index (χ1v) is 10.7. The van der Waals surface area contributed by atoms with Crippen LogP contribution in [0.25, 0.3) is 11.0 Å². The molecule has 0 saturated carbocycles. The number of fused-ring (bicyclic) bond motifs is 1. The Morgan fingerprint density at radius 3 is 2.47 bits per heavy atom. The smallest absolute Gasteiger partial charge is 0.337 e. The van der Waals surface area contributed by atoms with Crippen LogP contribution in [-0.2, 0) is 11.3 Å². The minimum Gasteiger partial charge on any atom is -0.379 e. The van der Waals surface area contributed by atoms with Crippen molar-refractivity contribution in [3.8, 4) is 0 Å². The van der Waals surface area contributed by atoms with Crippen LogP contribution in [0.4, 0.5) is 4.79 Å². The van der Waals surface area contributed by atoms with Crippen molar-refractivity contribution in [1.29, 1.82) is 5.41 Å². The normalized spacial score (nSPS) is 16.8. The van der Waals surface area contributed by atoms with Crippen LogP contribution >= 0.6 is 0 Å².